The quantitative estimate of drug-likeness (QED) is 0.211. The van der Waals surface area contributed by atoms with Gasteiger partial charge in [0.05, 0.1) is 0 Å². The van der Waals surface area contributed by atoms with Crippen molar-refractivity contribution in [1.82, 2.24) is 15.0 Å². The predicted molar refractivity (Wildman–Crippen MR) is 227 cm³/mol. The van der Waals surface area contributed by atoms with Crippen LogP contribution in [0.25, 0.3) is 89.5 Å². The fraction of sp³-hybridized carbons (Fsp3) is 0. The van der Waals surface area contributed by atoms with E-state index in [2.05, 4.69) is 48.5 Å². The average molecular weight is 677 g/mol. The fourth-order valence-electron chi connectivity index (χ4n) is 6.88. The van der Waals surface area contributed by atoms with Gasteiger partial charge in [-0.2, -0.15) is 0 Å². The molecule has 0 bridgehead atoms. The molecule has 9 aromatic rings. The molecule has 0 saturated carbocycles. The molecule has 0 N–H and O–H groups in total. The topological polar surface area (TPSA) is 51.8 Å². The molecule has 0 aliphatic heterocycles. The lowest BCUT2D eigenvalue weighted by molar-refractivity contribution is 0.669. The molecule has 54 heavy (non-hydrogen) atoms. The minimum Gasteiger partial charge on any atom is -0.456 e. The Hall–Kier alpha value is -6.33. The van der Waals surface area contributed by atoms with E-state index in [1.807, 2.05) is 97.1 Å². The molecule has 0 aliphatic carbocycles. The maximum atomic E-state index is 6.38. The summed E-state index contributed by atoms with van der Waals surface area (Å²) in [6.45, 7) is 0. The van der Waals surface area contributed by atoms with Gasteiger partial charge < -0.3 is 4.42 Å². The van der Waals surface area contributed by atoms with Gasteiger partial charge in [-0.3, -0.25) is 0 Å². The van der Waals surface area contributed by atoms with Crippen LogP contribution in [0.4, 0.5) is 0 Å². The van der Waals surface area contributed by atoms with E-state index in [1.54, 1.807) is 0 Å². The molecule has 7 aromatic carbocycles. The summed E-state index contributed by atoms with van der Waals surface area (Å²) >= 11 is 0. The Morgan fingerprint density at radius 1 is 0.315 bits per heavy atom. The average Bonchev–Trinajstić information content (AvgIpc) is 3.60. The summed E-state index contributed by atoms with van der Waals surface area (Å²) in [6, 6.07) is 48.7. The number of furan rings is 1. The smallest absolute Gasteiger partial charge is 0.164 e. The SMILES string of the molecule is [B]c1c([B])c([B])c(-c2ccc(-c3ccc(-c4ccc5c(c4)oc4ccc(-c6nc(-c7ccccc7)nc(-c7ccccc7)n6)cc45)cc3)cc2)c([B])c1[B]. The molecule has 10 radical (unpaired) electrons. The zero-order valence-corrected chi connectivity index (χ0v) is 29.0. The van der Waals surface area contributed by atoms with Crippen LogP contribution in [0.5, 0.6) is 0 Å². The largest absolute Gasteiger partial charge is 0.456 e. The third-order valence-electron chi connectivity index (χ3n) is 9.85. The highest BCUT2D eigenvalue weighted by molar-refractivity contribution is 6.68. The number of nitrogens with zero attached hydrogens (tertiary/aromatic N) is 3. The van der Waals surface area contributed by atoms with E-state index in [4.69, 9.17) is 58.6 Å². The molecule has 9 heteroatoms. The molecule has 0 spiro atoms. The van der Waals surface area contributed by atoms with Gasteiger partial charge in [0.25, 0.3) is 0 Å². The van der Waals surface area contributed by atoms with Crippen LogP contribution in [0.15, 0.2) is 150 Å². The number of aromatic nitrogens is 3. The maximum absolute atomic E-state index is 6.38. The van der Waals surface area contributed by atoms with Crippen molar-refractivity contribution in [1.29, 1.82) is 0 Å². The van der Waals surface area contributed by atoms with Gasteiger partial charge in [0.2, 0.25) is 0 Å². The third-order valence-corrected chi connectivity index (χ3v) is 9.85. The van der Waals surface area contributed by atoms with Gasteiger partial charge in [0, 0.05) is 27.5 Å². The molecule has 0 unspecified atom stereocenters. The summed E-state index contributed by atoms with van der Waals surface area (Å²) in [7, 11) is 30.7. The van der Waals surface area contributed by atoms with Crippen molar-refractivity contribution in [2.24, 2.45) is 0 Å². The molecule has 4 nitrogen and oxygen atoms in total. The van der Waals surface area contributed by atoms with E-state index < -0.39 is 0 Å². The highest BCUT2D eigenvalue weighted by Gasteiger charge is 2.16. The van der Waals surface area contributed by atoms with E-state index in [0.717, 1.165) is 66.4 Å². The van der Waals surface area contributed by atoms with Crippen molar-refractivity contribution >= 4 is 88.5 Å². The minimum atomic E-state index is 0.200. The van der Waals surface area contributed by atoms with Crippen LogP contribution >= 0.6 is 0 Å². The van der Waals surface area contributed by atoms with Crippen LogP contribution in [0.2, 0.25) is 0 Å². The summed E-state index contributed by atoms with van der Waals surface area (Å²) in [4.78, 5) is 14.7. The monoisotopic (exact) mass is 677 g/mol. The Kier molecular flexibility index (Phi) is 8.43. The number of hydrogen-bond donors (Lipinski definition) is 0. The van der Waals surface area contributed by atoms with Gasteiger partial charge in [0.1, 0.15) is 50.4 Å². The second-order valence-corrected chi connectivity index (χ2v) is 13.2. The first-order chi connectivity index (χ1) is 26.3. The summed E-state index contributed by atoms with van der Waals surface area (Å²) in [5.74, 6) is 1.83. The summed E-state index contributed by atoms with van der Waals surface area (Å²) in [6.07, 6.45) is 0. The highest BCUT2D eigenvalue weighted by atomic mass is 16.3. The van der Waals surface area contributed by atoms with E-state index >= 15 is 0 Å². The molecule has 0 atom stereocenters. The number of benzene rings is 7. The van der Waals surface area contributed by atoms with Crippen LogP contribution in [0.1, 0.15) is 0 Å². The standard InChI is InChI=1S/C45H24B5N3O/c46-38-37(39(47)41(49)42(50)40(38)48)28-17-15-26(16-18-28)25-11-13-27(14-12-25)31-19-21-33-34-23-32(20-22-35(34)54-36(33)24-31)45-52-43(29-7-3-1-4-8-29)51-44(53-45)30-9-5-2-6-10-30/h1-24H. The lowest BCUT2D eigenvalue weighted by atomic mass is 9.59. The van der Waals surface area contributed by atoms with Crippen LogP contribution in [0, 0.1) is 0 Å². The van der Waals surface area contributed by atoms with E-state index in [0.29, 0.717) is 34.0 Å². The van der Waals surface area contributed by atoms with Crippen LogP contribution in [-0.4, -0.2) is 54.2 Å². The van der Waals surface area contributed by atoms with Crippen molar-refractivity contribution < 1.29 is 4.42 Å². The lowest BCUT2D eigenvalue weighted by Crippen LogP contribution is -2.55. The third kappa shape index (κ3) is 5.96. The molecule has 240 valence electrons. The molecular weight excluding hydrogens is 653 g/mol. The second-order valence-electron chi connectivity index (χ2n) is 13.2. The molecule has 2 aromatic heterocycles. The van der Waals surface area contributed by atoms with Gasteiger partial charge in [-0.15, -0.1) is 16.4 Å². The zero-order valence-electron chi connectivity index (χ0n) is 29.0. The molecule has 0 aliphatic rings. The van der Waals surface area contributed by atoms with Crippen molar-refractivity contribution in [2.75, 3.05) is 0 Å². The van der Waals surface area contributed by atoms with Crippen LogP contribution in [0.3, 0.4) is 0 Å². The Bertz CT molecular complexity index is 2770. The summed E-state index contributed by atoms with van der Waals surface area (Å²) in [5, 5.41) is 2.00. The van der Waals surface area contributed by atoms with Crippen molar-refractivity contribution in [3.63, 3.8) is 0 Å². The van der Waals surface area contributed by atoms with Gasteiger partial charge in [-0.1, -0.05) is 126 Å². The normalized spacial score (nSPS) is 11.3. The molecule has 0 saturated heterocycles. The Balaban J connectivity index is 1.02. The molecule has 2 heterocycles. The van der Waals surface area contributed by atoms with E-state index in [-0.39, 0.29) is 16.4 Å². The fourth-order valence-corrected chi connectivity index (χ4v) is 6.88. The Morgan fingerprint density at radius 2 is 0.741 bits per heavy atom. The molecule has 0 amide bonds. The number of hydrogen-bond acceptors (Lipinski definition) is 4. The maximum Gasteiger partial charge on any atom is 0.164 e. The molecular formula is C45H24B5N3O. The second kappa shape index (κ2) is 13.6. The Labute approximate surface area is 319 Å². The van der Waals surface area contributed by atoms with Crippen molar-refractivity contribution in [2.45, 2.75) is 0 Å². The van der Waals surface area contributed by atoms with Gasteiger partial charge >= 0.3 is 0 Å². The van der Waals surface area contributed by atoms with Gasteiger partial charge in [0.15, 0.2) is 17.5 Å². The Morgan fingerprint density at radius 3 is 1.28 bits per heavy atom. The van der Waals surface area contributed by atoms with Crippen LogP contribution in [-0.2, 0) is 0 Å². The van der Waals surface area contributed by atoms with Crippen molar-refractivity contribution in [3.8, 4) is 67.5 Å². The predicted octanol–water partition coefficient (Wildman–Crippen LogP) is 5.74. The molecule has 9 rings (SSSR count). The first-order valence-electron chi connectivity index (χ1n) is 17.4. The zero-order chi connectivity index (χ0) is 36.9. The van der Waals surface area contributed by atoms with E-state index in [1.165, 1.54) is 0 Å². The molecule has 0 fully saturated rings. The minimum absolute atomic E-state index is 0.200. The van der Waals surface area contributed by atoms with Crippen LogP contribution < -0.4 is 27.3 Å². The first kappa shape index (κ1) is 33.5. The lowest BCUT2D eigenvalue weighted by Gasteiger charge is -2.21. The number of rotatable bonds is 6. The van der Waals surface area contributed by atoms with E-state index in [9.17, 15) is 0 Å². The first-order valence-corrected chi connectivity index (χ1v) is 17.4. The number of fused-ring (bicyclic) bond motifs is 3. The summed E-state index contributed by atoms with van der Waals surface area (Å²) in [5.41, 5.74) is 11.2. The summed E-state index contributed by atoms with van der Waals surface area (Å²) < 4.78 is 6.38. The van der Waals surface area contributed by atoms with Crippen molar-refractivity contribution in [3.05, 3.63) is 146 Å². The highest BCUT2D eigenvalue weighted by Crippen LogP contribution is 2.35. The van der Waals surface area contributed by atoms with Gasteiger partial charge in [-0.25, -0.2) is 15.0 Å². The van der Waals surface area contributed by atoms with Gasteiger partial charge in [-0.05, 0) is 63.7 Å².